The first-order chi connectivity index (χ1) is 13.5. The third-order valence-electron chi connectivity index (χ3n) is 4.85. The molecule has 4 rings (SSSR count). The number of carbonyl (C=O) groups is 1. The third-order valence-corrected chi connectivity index (χ3v) is 4.85. The number of esters is 1. The van der Waals surface area contributed by atoms with Gasteiger partial charge in [-0.15, -0.1) is 0 Å². The number of aryl methyl sites for hydroxylation is 1. The van der Waals surface area contributed by atoms with E-state index in [1.807, 2.05) is 4.90 Å². The summed E-state index contributed by atoms with van der Waals surface area (Å²) in [5.74, 6) is -0.923. The number of ether oxygens (including phenoxy) is 1. The largest absolute Gasteiger partial charge is 0.462 e. The molecule has 3 heterocycles. The molecule has 1 aliphatic heterocycles. The lowest BCUT2D eigenvalue weighted by Crippen LogP contribution is -2.35. The van der Waals surface area contributed by atoms with Crippen LogP contribution in [-0.4, -0.2) is 33.9 Å². The summed E-state index contributed by atoms with van der Waals surface area (Å²) in [5, 5.41) is 4.85. The zero-order valence-electron chi connectivity index (χ0n) is 15.6. The molecule has 0 amide bonds. The van der Waals surface area contributed by atoms with Crippen LogP contribution in [-0.2, 0) is 24.8 Å². The van der Waals surface area contributed by atoms with Gasteiger partial charge in [-0.25, -0.2) is 13.9 Å². The summed E-state index contributed by atoms with van der Waals surface area (Å²) in [4.78, 5) is 30.8. The van der Waals surface area contributed by atoms with Crippen LogP contribution < -0.4 is 10.5 Å². The molecular weight excluding hydrogens is 363 g/mol. The predicted octanol–water partition coefficient (Wildman–Crippen LogP) is 2.21. The van der Waals surface area contributed by atoms with Gasteiger partial charge in [-0.3, -0.25) is 9.78 Å². The van der Waals surface area contributed by atoms with E-state index in [2.05, 4.69) is 10.1 Å². The average Bonchev–Trinajstić information content (AvgIpc) is 2.67. The number of pyridine rings is 1. The van der Waals surface area contributed by atoms with Gasteiger partial charge in [-0.2, -0.15) is 5.10 Å². The Bertz CT molecular complexity index is 1140. The molecule has 2 aromatic heterocycles. The van der Waals surface area contributed by atoms with Gasteiger partial charge in [0.05, 0.1) is 23.5 Å². The van der Waals surface area contributed by atoms with Crippen molar-refractivity contribution in [3.05, 3.63) is 63.5 Å². The van der Waals surface area contributed by atoms with Gasteiger partial charge in [0.15, 0.2) is 0 Å². The van der Waals surface area contributed by atoms with Crippen LogP contribution in [0.2, 0.25) is 0 Å². The molecule has 3 aromatic rings. The summed E-state index contributed by atoms with van der Waals surface area (Å²) < 4.78 is 20.5. The Morgan fingerprint density at radius 1 is 1.32 bits per heavy atom. The molecule has 0 fully saturated rings. The summed E-state index contributed by atoms with van der Waals surface area (Å²) in [5.41, 5.74) is 2.87. The normalized spacial score (nSPS) is 13.5. The van der Waals surface area contributed by atoms with Crippen molar-refractivity contribution < 1.29 is 13.9 Å². The highest BCUT2D eigenvalue weighted by atomic mass is 19.1. The minimum atomic E-state index is -0.510. The van der Waals surface area contributed by atoms with Gasteiger partial charge in [-0.1, -0.05) is 0 Å². The molecule has 1 aromatic carbocycles. The Morgan fingerprint density at radius 3 is 2.93 bits per heavy atom. The van der Waals surface area contributed by atoms with Crippen LogP contribution in [0.1, 0.15) is 28.5 Å². The molecule has 7 nitrogen and oxygen atoms in total. The van der Waals surface area contributed by atoms with Gasteiger partial charge in [0.2, 0.25) is 0 Å². The van der Waals surface area contributed by atoms with Crippen LogP contribution >= 0.6 is 0 Å². The second kappa shape index (κ2) is 7.03. The Morgan fingerprint density at radius 2 is 2.14 bits per heavy atom. The molecule has 0 unspecified atom stereocenters. The molecule has 0 bridgehead atoms. The molecular formula is C20H19FN4O3. The van der Waals surface area contributed by atoms with E-state index in [1.165, 1.54) is 23.0 Å². The fourth-order valence-corrected chi connectivity index (χ4v) is 3.53. The second-order valence-corrected chi connectivity index (χ2v) is 6.65. The molecule has 0 atom stereocenters. The van der Waals surface area contributed by atoms with Gasteiger partial charge < -0.3 is 9.64 Å². The van der Waals surface area contributed by atoms with Crippen LogP contribution in [0.25, 0.3) is 10.9 Å². The van der Waals surface area contributed by atoms with E-state index < -0.39 is 11.8 Å². The molecule has 8 heteroatoms. The van der Waals surface area contributed by atoms with E-state index in [-0.39, 0.29) is 17.7 Å². The Balaban J connectivity index is 1.87. The number of rotatable bonds is 3. The van der Waals surface area contributed by atoms with Crippen LogP contribution in [0, 0.1) is 5.82 Å². The standard InChI is InChI=1S/C20H19FN4O3/c1-3-28-20(27)15-10-22-17-5-4-13(21)9-14(17)19(15)25-7-6-16-12(11-25)8-18(26)24(2)23-16/h4-5,8-10H,3,6-7,11H2,1-2H3. The fraction of sp³-hybridized carbons (Fsp3) is 0.300. The van der Waals surface area contributed by atoms with Crippen molar-refractivity contribution in [1.82, 2.24) is 14.8 Å². The summed E-state index contributed by atoms with van der Waals surface area (Å²) in [6, 6.07) is 5.85. The van der Waals surface area contributed by atoms with Crippen molar-refractivity contribution in [2.75, 3.05) is 18.1 Å². The van der Waals surface area contributed by atoms with Crippen molar-refractivity contribution >= 4 is 22.6 Å². The fourth-order valence-electron chi connectivity index (χ4n) is 3.53. The zero-order valence-corrected chi connectivity index (χ0v) is 15.6. The number of hydrogen-bond acceptors (Lipinski definition) is 6. The van der Waals surface area contributed by atoms with Crippen LogP contribution in [0.3, 0.4) is 0 Å². The number of anilines is 1. The third kappa shape index (κ3) is 3.11. The molecule has 0 saturated heterocycles. The Hall–Kier alpha value is -3.29. The highest BCUT2D eigenvalue weighted by molar-refractivity contribution is 6.05. The monoisotopic (exact) mass is 382 g/mol. The summed E-state index contributed by atoms with van der Waals surface area (Å²) in [6.45, 7) is 2.91. The smallest absolute Gasteiger partial charge is 0.341 e. The number of carbonyl (C=O) groups excluding carboxylic acids is 1. The minimum Gasteiger partial charge on any atom is -0.462 e. The van der Waals surface area contributed by atoms with E-state index in [0.717, 1.165) is 11.3 Å². The topological polar surface area (TPSA) is 77.3 Å². The van der Waals surface area contributed by atoms with Crippen molar-refractivity contribution in [2.45, 2.75) is 19.9 Å². The van der Waals surface area contributed by atoms with Crippen molar-refractivity contribution in [2.24, 2.45) is 7.05 Å². The number of nitrogens with zero attached hydrogens (tertiary/aromatic N) is 4. The lowest BCUT2D eigenvalue weighted by atomic mass is 10.0. The summed E-state index contributed by atoms with van der Waals surface area (Å²) in [6.07, 6.45) is 2.07. The van der Waals surface area contributed by atoms with Gasteiger partial charge in [0.25, 0.3) is 5.56 Å². The molecule has 144 valence electrons. The summed E-state index contributed by atoms with van der Waals surface area (Å²) >= 11 is 0. The number of hydrogen-bond donors (Lipinski definition) is 0. The van der Waals surface area contributed by atoms with Crippen LogP contribution in [0.15, 0.2) is 35.3 Å². The first-order valence-electron chi connectivity index (χ1n) is 9.04. The molecule has 0 radical (unpaired) electrons. The van der Waals surface area contributed by atoms with Gasteiger partial charge >= 0.3 is 5.97 Å². The first-order valence-corrected chi connectivity index (χ1v) is 9.04. The first kappa shape index (κ1) is 18.1. The maximum Gasteiger partial charge on any atom is 0.341 e. The van der Waals surface area contributed by atoms with Crippen molar-refractivity contribution in [3.63, 3.8) is 0 Å². The van der Waals surface area contributed by atoms with E-state index >= 15 is 0 Å². The highest BCUT2D eigenvalue weighted by Crippen LogP contribution is 2.33. The predicted molar refractivity (Wildman–Crippen MR) is 102 cm³/mol. The average molecular weight is 382 g/mol. The lowest BCUT2D eigenvalue weighted by molar-refractivity contribution is 0.0526. The van der Waals surface area contributed by atoms with Crippen LogP contribution in [0.4, 0.5) is 10.1 Å². The SMILES string of the molecule is CCOC(=O)c1cnc2ccc(F)cc2c1N1CCc2nn(C)c(=O)cc2C1. The van der Waals surface area contributed by atoms with E-state index in [1.54, 1.807) is 26.1 Å². The second-order valence-electron chi connectivity index (χ2n) is 6.65. The molecule has 1 aliphatic rings. The van der Waals surface area contributed by atoms with Gasteiger partial charge in [0, 0.05) is 49.8 Å². The van der Waals surface area contributed by atoms with Crippen molar-refractivity contribution in [3.8, 4) is 0 Å². The Labute approximate surface area is 160 Å². The van der Waals surface area contributed by atoms with E-state index in [9.17, 15) is 14.0 Å². The molecule has 0 N–H and O–H groups in total. The molecule has 28 heavy (non-hydrogen) atoms. The molecule has 0 spiro atoms. The Kier molecular flexibility index (Phi) is 4.54. The minimum absolute atomic E-state index is 0.197. The lowest BCUT2D eigenvalue weighted by Gasteiger charge is -2.32. The van der Waals surface area contributed by atoms with Crippen LogP contribution in [0.5, 0.6) is 0 Å². The van der Waals surface area contributed by atoms with Gasteiger partial charge in [-0.05, 0) is 25.1 Å². The van der Waals surface area contributed by atoms with E-state index in [0.29, 0.717) is 36.1 Å². The highest BCUT2D eigenvalue weighted by Gasteiger charge is 2.26. The molecule has 0 saturated carbocycles. The number of benzene rings is 1. The zero-order chi connectivity index (χ0) is 19.8. The number of aromatic nitrogens is 3. The summed E-state index contributed by atoms with van der Waals surface area (Å²) in [7, 11) is 1.62. The van der Waals surface area contributed by atoms with Gasteiger partial charge in [0.1, 0.15) is 11.4 Å². The van der Waals surface area contributed by atoms with E-state index in [4.69, 9.17) is 4.74 Å². The quantitative estimate of drug-likeness (QED) is 0.647. The molecule has 0 aliphatic carbocycles. The maximum atomic E-state index is 14.0. The number of halogens is 1. The maximum absolute atomic E-state index is 14.0. The number of fused-ring (bicyclic) bond motifs is 2. The van der Waals surface area contributed by atoms with Crippen molar-refractivity contribution in [1.29, 1.82) is 0 Å².